The number of nitrogens with zero attached hydrogens (tertiary/aromatic N) is 5. The number of ether oxygens (including phenoxy) is 1. The summed E-state index contributed by atoms with van der Waals surface area (Å²) in [5.74, 6) is 1.05. The first-order valence-electron chi connectivity index (χ1n) is 13.6. The predicted molar refractivity (Wildman–Crippen MR) is 163 cm³/mol. The van der Waals surface area contributed by atoms with Crippen LogP contribution in [0.25, 0.3) is 23.2 Å². The standard InChI is InChI=1S/C31H29F3N6O2S/c1-3-23-7-4-5-8-27(23)39-17-6-18-43-30(39)37-29(41)36-21(2)19-22-9-11-24(12-10-22)28-35-20-40(38-28)25-13-15-26(16-14-25)42-31(32,33)34/h4-5,7-16,19-20H,3,6,17-18H2,1-2H3,(H,36,41)/b21-19+,37-30-. The highest BCUT2D eigenvalue weighted by atomic mass is 32.2. The van der Waals surface area contributed by atoms with Gasteiger partial charge >= 0.3 is 12.4 Å². The number of carbonyl (C=O) groups excluding carboxylic acids is 1. The van der Waals surface area contributed by atoms with Gasteiger partial charge in [-0.2, -0.15) is 4.99 Å². The number of urea groups is 1. The maximum absolute atomic E-state index is 12.8. The Morgan fingerprint density at radius 1 is 1.09 bits per heavy atom. The van der Waals surface area contributed by atoms with Crippen molar-refractivity contribution in [1.29, 1.82) is 0 Å². The van der Waals surface area contributed by atoms with Gasteiger partial charge < -0.3 is 15.0 Å². The number of amidine groups is 1. The lowest BCUT2D eigenvalue weighted by molar-refractivity contribution is -0.274. The fourth-order valence-corrected chi connectivity index (χ4v) is 5.52. The Bertz CT molecular complexity index is 1630. The molecule has 1 saturated heterocycles. The molecule has 5 rings (SSSR count). The van der Waals surface area contributed by atoms with E-state index in [1.54, 1.807) is 18.7 Å². The molecule has 3 aromatic carbocycles. The van der Waals surface area contributed by atoms with Crippen molar-refractivity contribution in [2.45, 2.75) is 33.1 Å². The summed E-state index contributed by atoms with van der Waals surface area (Å²) in [5, 5.41) is 7.98. The number of allylic oxidation sites excluding steroid dienone is 1. The molecule has 0 bridgehead atoms. The van der Waals surface area contributed by atoms with Crippen LogP contribution in [0.1, 0.15) is 31.4 Å². The summed E-state index contributed by atoms with van der Waals surface area (Å²) in [5.41, 5.74) is 5.09. The summed E-state index contributed by atoms with van der Waals surface area (Å²) >= 11 is 1.58. The van der Waals surface area contributed by atoms with Crippen LogP contribution in [0.2, 0.25) is 0 Å². The van der Waals surface area contributed by atoms with Crippen LogP contribution in [0.3, 0.4) is 0 Å². The number of alkyl halides is 3. The number of anilines is 1. The number of halogens is 3. The lowest BCUT2D eigenvalue weighted by atomic mass is 10.1. The lowest BCUT2D eigenvalue weighted by Gasteiger charge is -2.31. The molecule has 0 radical (unpaired) electrons. The molecule has 1 fully saturated rings. The van der Waals surface area contributed by atoms with E-state index in [0.29, 0.717) is 22.4 Å². The lowest BCUT2D eigenvalue weighted by Crippen LogP contribution is -2.36. The summed E-state index contributed by atoms with van der Waals surface area (Å²) in [6, 6.07) is 20.6. The monoisotopic (exact) mass is 606 g/mol. The Labute approximate surface area is 251 Å². The topological polar surface area (TPSA) is 84.6 Å². The minimum absolute atomic E-state index is 0.313. The molecule has 0 saturated carbocycles. The molecule has 1 aliphatic heterocycles. The van der Waals surface area contributed by atoms with Crippen LogP contribution < -0.4 is 15.0 Å². The van der Waals surface area contributed by atoms with Crippen LogP contribution in [0.5, 0.6) is 5.75 Å². The third-order valence-corrected chi connectivity index (χ3v) is 7.59. The fraction of sp³-hybridized carbons (Fsp3) is 0.226. The predicted octanol–water partition coefficient (Wildman–Crippen LogP) is 7.47. The molecule has 1 N–H and O–H groups in total. The molecule has 222 valence electrons. The second kappa shape index (κ2) is 13.2. The molecule has 2 heterocycles. The normalized spacial score (nSPS) is 15.0. The van der Waals surface area contributed by atoms with Crippen LogP contribution in [-0.4, -0.2) is 44.6 Å². The minimum atomic E-state index is -4.75. The zero-order valence-electron chi connectivity index (χ0n) is 23.5. The van der Waals surface area contributed by atoms with E-state index in [0.717, 1.165) is 42.0 Å². The zero-order chi connectivity index (χ0) is 30.4. The van der Waals surface area contributed by atoms with E-state index >= 15 is 0 Å². The summed E-state index contributed by atoms with van der Waals surface area (Å²) in [4.78, 5) is 23.7. The van der Waals surface area contributed by atoms with E-state index in [1.807, 2.05) is 42.5 Å². The number of aliphatic imine (C=N–C) groups is 1. The third kappa shape index (κ3) is 7.83. The number of carbonyl (C=O) groups is 1. The molecular formula is C31H29F3N6O2S. The molecular weight excluding hydrogens is 577 g/mol. The SMILES string of the molecule is CCc1ccccc1N1CCCS/C1=N\C(=O)N/C(C)=C/c1ccc(-c2ncn(-c3ccc(OC(F)(F)F)cc3)n2)cc1. The van der Waals surface area contributed by atoms with Crippen molar-refractivity contribution in [2.75, 3.05) is 17.2 Å². The number of benzene rings is 3. The highest BCUT2D eigenvalue weighted by Gasteiger charge is 2.31. The fourth-order valence-electron chi connectivity index (χ4n) is 4.57. The van der Waals surface area contributed by atoms with Gasteiger partial charge in [-0.15, -0.1) is 18.3 Å². The number of nitrogens with one attached hydrogen (secondary N) is 1. The molecule has 8 nitrogen and oxygen atoms in total. The Morgan fingerprint density at radius 3 is 2.56 bits per heavy atom. The molecule has 0 aliphatic carbocycles. The quantitative estimate of drug-likeness (QED) is 0.235. The Hall–Kier alpha value is -4.58. The zero-order valence-corrected chi connectivity index (χ0v) is 24.3. The van der Waals surface area contributed by atoms with Gasteiger partial charge in [0.25, 0.3) is 0 Å². The van der Waals surface area contributed by atoms with E-state index in [9.17, 15) is 18.0 Å². The van der Waals surface area contributed by atoms with E-state index in [2.05, 4.69) is 49.1 Å². The number of hydrogen-bond acceptors (Lipinski definition) is 5. The molecule has 0 atom stereocenters. The average Bonchev–Trinajstić information content (AvgIpc) is 3.48. The second-order valence-corrected chi connectivity index (χ2v) is 10.7. The minimum Gasteiger partial charge on any atom is -0.406 e. The first-order chi connectivity index (χ1) is 20.7. The van der Waals surface area contributed by atoms with Gasteiger partial charge in [0, 0.05) is 29.2 Å². The largest absolute Gasteiger partial charge is 0.573 e. The summed E-state index contributed by atoms with van der Waals surface area (Å²) in [7, 11) is 0. The highest BCUT2D eigenvalue weighted by molar-refractivity contribution is 8.14. The first kappa shape index (κ1) is 29.9. The summed E-state index contributed by atoms with van der Waals surface area (Å²) < 4.78 is 42.6. The van der Waals surface area contributed by atoms with Crippen LogP contribution >= 0.6 is 11.8 Å². The molecule has 1 aliphatic rings. The van der Waals surface area contributed by atoms with Gasteiger partial charge in [0.2, 0.25) is 0 Å². The molecule has 0 spiro atoms. The molecule has 0 unspecified atom stereocenters. The number of thioether (sulfide) groups is 1. The third-order valence-electron chi connectivity index (χ3n) is 6.53. The molecule has 4 aromatic rings. The summed E-state index contributed by atoms with van der Waals surface area (Å²) in [6.07, 6.45) is 0.488. The van der Waals surface area contributed by atoms with E-state index < -0.39 is 12.4 Å². The molecule has 2 amide bonds. The van der Waals surface area contributed by atoms with Crippen molar-refractivity contribution in [3.63, 3.8) is 0 Å². The van der Waals surface area contributed by atoms with E-state index in [-0.39, 0.29) is 5.75 Å². The van der Waals surface area contributed by atoms with Crippen molar-refractivity contribution >= 4 is 34.7 Å². The van der Waals surface area contributed by atoms with Crippen LogP contribution in [-0.2, 0) is 6.42 Å². The molecule has 12 heteroatoms. The van der Waals surface area contributed by atoms with E-state index in [4.69, 9.17) is 0 Å². The highest BCUT2D eigenvalue weighted by Crippen LogP contribution is 2.29. The van der Waals surface area contributed by atoms with Gasteiger partial charge in [0.05, 0.1) is 5.69 Å². The maximum Gasteiger partial charge on any atom is 0.573 e. The van der Waals surface area contributed by atoms with Gasteiger partial charge in [-0.05, 0) is 67.3 Å². The second-order valence-electron chi connectivity index (χ2n) is 9.66. The first-order valence-corrected chi connectivity index (χ1v) is 14.6. The van der Waals surface area contributed by atoms with Gasteiger partial charge in [-0.1, -0.05) is 61.2 Å². The molecule has 43 heavy (non-hydrogen) atoms. The summed E-state index contributed by atoms with van der Waals surface area (Å²) in [6.45, 7) is 4.73. The maximum atomic E-state index is 12.8. The Kier molecular flexibility index (Phi) is 9.15. The molecule has 1 aromatic heterocycles. The van der Waals surface area contributed by atoms with Crippen LogP contribution in [0.4, 0.5) is 23.7 Å². The Morgan fingerprint density at radius 2 is 1.84 bits per heavy atom. The van der Waals surface area contributed by atoms with Crippen molar-refractivity contribution < 1.29 is 22.7 Å². The average molecular weight is 607 g/mol. The number of amides is 2. The Balaban J connectivity index is 1.23. The number of hydrogen-bond donors (Lipinski definition) is 1. The van der Waals surface area contributed by atoms with Crippen LogP contribution in [0.15, 0.2) is 89.8 Å². The smallest absolute Gasteiger partial charge is 0.406 e. The van der Waals surface area contributed by atoms with Crippen molar-refractivity contribution in [3.05, 3.63) is 95.9 Å². The van der Waals surface area contributed by atoms with Crippen LogP contribution in [0, 0.1) is 0 Å². The van der Waals surface area contributed by atoms with Crippen molar-refractivity contribution in [2.24, 2.45) is 4.99 Å². The number of aromatic nitrogens is 3. The number of para-hydroxylation sites is 1. The van der Waals surface area contributed by atoms with Gasteiger partial charge in [0.15, 0.2) is 11.0 Å². The van der Waals surface area contributed by atoms with Gasteiger partial charge in [0.1, 0.15) is 12.1 Å². The number of aryl methyl sites for hydroxylation is 1. The van der Waals surface area contributed by atoms with Gasteiger partial charge in [-0.25, -0.2) is 14.5 Å². The number of rotatable bonds is 7. The van der Waals surface area contributed by atoms with Gasteiger partial charge in [-0.3, -0.25) is 0 Å². The van der Waals surface area contributed by atoms with E-state index in [1.165, 1.54) is 40.8 Å². The van der Waals surface area contributed by atoms with Crippen molar-refractivity contribution in [3.8, 4) is 22.8 Å². The van der Waals surface area contributed by atoms with Crippen molar-refractivity contribution in [1.82, 2.24) is 20.1 Å².